The molecule has 0 saturated carbocycles. The monoisotopic (exact) mass is 366 g/mol. The van der Waals surface area contributed by atoms with Crippen LogP contribution in [-0.4, -0.2) is 25.5 Å². The van der Waals surface area contributed by atoms with Crippen molar-refractivity contribution in [3.05, 3.63) is 52.5 Å². The van der Waals surface area contributed by atoms with Crippen LogP contribution in [0.25, 0.3) is 0 Å². The van der Waals surface area contributed by atoms with Crippen molar-refractivity contribution in [2.45, 2.75) is 6.92 Å². The van der Waals surface area contributed by atoms with E-state index >= 15 is 0 Å². The lowest BCUT2D eigenvalue weighted by molar-refractivity contribution is -0.120. The maximum atomic E-state index is 12.3. The molecule has 2 rings (SSSR count). The van der Waals surface area contributed by atoms with E-state index in [1.165, 1.54) is 11.8 Å². The fourth-order valence-corrected chi connectivity index (χ4v) is 2.43. The molecular weight excluding hydrogens is 351 g/mol. The number of hydrogen-bond acceptors (Lipinski definition) is 3. The van der Waals surface area contributed by atoms with E-state index in [0.29, 0.717) is 22.1 Å². The Labute approximate surface area is 150 Å². The molecule has 5 nitrogen and oxygen atoms in total. The summed E-state index contributed by atoms with van der Waals surface area (Å²) in [7, 11) is 1.56. The number of rotatable bonds is 5. The highest BCUT2D eigenvalue weighted by Crippen LogP contribution is 2.29. The summed E-state index contributed by atoms with van der Waals surface area (Å²) in [5.41, 5.74) is 0.989. The molecule has 126 valence electrons. The van der Waals surface area contributed by atoms with Crippen molar-refractivity contribution in [1.29, 1.82) is 0 Å². The maximum absolute atomic E-state index is 12.3. The van der Waals surface area contributed by atoms with Crippen molar-refractivity contribution >= 4 is 46.4 Å². The van der Waals surface area contributed by atoms with Crippen molar-refractivity contribution in [3.8, 4) is 5.75 Å². The zero-order chi connectivity index (χ0) is 17.7. The van der Waals surface area contributed by atoms with Crippen LogP contribution >= 0.6 is 23.2 Å². The van der Waals surface area contributed by atoms with E-state index in [1.54, 1.807) is 49.6 Å². The zero-order valence-electron chi connectivity index (χ0n) is 13.2. The third-order valence-corrected chi connectivity index (χ3v) is 4.11. The Hall–Kier alpha value is -2.24. The average Bonchev–Trinajstić information content (AvgIpc) is 2.57. The number of nitrogens with one attached hydrogen (secondary N) is 1. The van der Waals surface area contributed by atoms with Crippen molar-refractivity contribution in [1.82, 2.24) is 0 Å². The molecule has 0 aliphatic rings. The summed E-state index contributed by atoms with van der Waals surface area (Å²) in [6.45, 7) is 1.24. The van der Waals surface area contributed by atoms with Crippen LogP contribution in [0.2, 0.25) is 10.0 Å². The zero-order valence-corrected chi connectivity index (χ0v) is 14.7. The lowest BCUT2D eigenvalue weighted by Gasteiger charge is -2.21. The van der Waals surface area contributed by atoms with Crippen LogP contribution in [0.1, 0.15) is 6.92 Å². The van der Waals surface area contributed by atoms with Gasteiger partial charge in [0.25, 0.3) is 0 Å². The van der Waals surface area contributed by atoms with Gasteiger partial charge in [0.2, 0.25) is 11.8 Å². The van der Waals surface area contributed by atoms with Gasteiger partial charge >= 0.3 is 0 Å². The largest absolute Gasteiger partial charge is 0.497 e. The number of methoxy groups -OCH3 is 1. The first kappa shape index (κ1) is 18.1. The molecule has 0 radical (unpaired) electrons. The summed E-state index contributed by atoms with van der Waals surface area (Å²) >= 11 is 12.0. The van der Waals surface area contributed by atoms with Gasteiger partial charge in [-0.1, -0.05) is 29.3 Å². The van der Waals surface area contributed by atoms with Gasteiger partial charge in [-0.15, -0.1) is 0 Å². The summed E-state index contributed by atoms with van der Waals surface area (Å²) in [5, 5.41) is 3.25. The molecule has 0 aliphatic heterocycles. The van der Waals surface area contributed by atoms with Gasteiger partial charge in [0.05, 0.1) is 22.8 Å². The maximum Gasteiger partial charge on any atom is 0.244 e. The van der Waals surface area contributed by atoms with Crippen LogP contribution in [0.5, 0.6) is 5.75 Å². The number of benzene rings is 2. The molecule has 0 bridgehead atoms. The molecule has 0 aliphatic carbocycles. The third kappa shape index (κ3) is 4.40. The predicted octanol–water partition coefficient (Wildman–Crippen LogP) is 3.99. The lowest BCUT2D eigenvalue weighted by Crippen LogP contribution is -2.36. The summed E-state index contributed by atoms with van der Waals surface area (Å²) in [4.78, 5) is 25.5. The Morgan fingerprint density at radius 3 is 2.38 bits per heavy atom. The van der Waals surface area contributed by atoms with Crippen molar-refractivity contribution in [3.63, 3.8) is 0 Å². The van der Waals surface area contributed by atoms with Gasteiger partial charge in [0, 0.05) is 12.6 Å². The Kier molecular flexibility index (Phi) is 6.06. The quantitative estimate of drug-likeness (QED) is 0.869. The Balaban J connectivity index is 2.13. The standard InChI is InChI=1S/C17H16Cl2N2O3/c1-11(22)21(12-6-8-13(24-2)9-7-12)10-16(23)20-15-5-3-4-14(18)17(15)19/h3-9H,10H2,1-2H3,(H,20,23). The molecule has 2 aromatic rings. The highest BCUT2D eigenvalue weighted by molar-refractivity contribution is 6.44. The van der Waals surface area contributed by atoms with Crippen molar-refractivity contribution < 1.29 is 14.3 Å². The molecule has 0 unspecified atom stereocenters. The van der Waals surface area contributed by atoms with Gasteiger partial charge in [-0.3, -0.25) is 9.59 Å². The smallest absolute Gasteiger partial charge is 0.244 e. The van der Waals surface area contributed by atoms with Gasteiger partial charge in [-0.05, 0) is 36.4 Å². The van der Waals surface area contributed by atoms with Crippen LogP contribution in [-0.2, 0) is 9.59 Å². The topological polar surface area (TPSA) is 58.6 Å². The summed E-state index contributed by atoms with van der Waals surface area (Å²) in [5.74, 6) is 0.0232. The predicted molar refractivity (Wildman–Crippen MR) is 96.1 cm³/mol. The highest BCUT2D eigenvalue weighted by Gasteiger charge is 2.17. The molecule has 0 heterocycles. The highest BCUT2D eigenvalue weighted by atomic mass is 35.5. The minimum Gasteiger partial charge on any atom is -0.497 e. The van der Waals surface area contributed by atoms with E-state index in [2.05, 4.69) is 5.32 Å². The van der Waals surface area contributed by atoms with Gasteiger partial charge in [0.1, 0.15) is 12.3 Å². The number of hydrogen-bond donors (Lipinski definition) is 1. The molecule has 2 aromatic carbocycles. The number of carbonyl (C=O) groups is 2. The molecule has 0 spiro atoms. The Morgan fingerprint density at radius 2 is 1.79 bits per heavy atom. The number of carbonyl (C=O) groups excluding carboxylic acids is 2. The first-order valence-corrected chi connectivity index (χ1v) is 7.84. The minimum atomic E-state index is -0.384. The lowest BCUT2D eigenvalue weighted by atomic mass is 10.2. The molecule has 7 heteroatoms. The molecule has 0 saturated heterocycles. The Morgan fingerprint density at radius 1 is 1.12 bits per heavy atom. The molecule has 2 amide bonds. The van der Waals surface area contributed by atoms with Crippen molar-refractivity contribution in [2.75, 3.05) is 23.9 Å². The van der Waals surface area contributed by atoms with Crippen LogP contribution in [0, 0.1) is 0 Å². The summed E-state index contributed by atoms with van der Waals surface area (Å²) in [6.07, 6.45) is 0. The summed E-state index contributed by atoms with van der Waals surface area (Å²) in [6, 6.07) is 11.8. The normalized spacial score (nSPS) is 10.2. The van der Waals surface area contributed by atoms with E-state index < -0.39 is 0 Å². The van der Waals surface area contributed by atoms with E-state index in [4.69, 9.17) is 27.9 Å². The SMILES string of the molecule is COc1ccc(N(CC(=O)Nc2cccc(Cl)c2Cl)C(C)=O)cc1. The molecule has 0 aromatic heterocycles. The number of halogens is 2. The second-order valence-electron chi connectivity index (χ2n) is 4.95. The Bertz CT molecular complexity index is 748. The van der Waals surface area contributed by atoms with Crippen molar-refractivity contribution in [2.24, 2.45) is 0 Å². The van der Waals surface area contributed by atoms with Gasteiger partial charge < -0.3 is 15.0 Å². The van der Waals surface area contributed by atoms with Crippen LogP contribution in [0.3, 0.4) is 0 Å². The molecular formula is C17H16Cl2N2O3. The van der Waals surface area contributed by atoms with E-state index in [1.807, 2.05) is 0 Å². The van der Waals surface area contributed by atoms with Gasteiger partial charge in [-0.25, -0.2) is 0 Å². The molecule has 24 heavy (non-hydrogen) atoms. The van der Waals surface area contributed by atoms with E-state index in [0.717, 1.165) is 0 Å². The van der Waals surface area contributed by atoms with Gasteiger partial charge in [0.15, 0.2) is 0 Å². The van der Waals surface area contributed by atoms with E-state index in [9.17, 15) is 9.59 Å². The summed E-state index contributed by atoms with van der Waals surface area (Å²) < 4.78 is 5.08. The average molecular weight is 367 g/mol. The molecule has 0 atom stereocenters. The van der Waals surface area contributed by atoms with E-state index in [-0.39, 0.29) is 23.4 Å². The van der Waals surface area contributed by atoms with Gasteiger partial charge in [-0.2, -0.15) is 0 Å². The third-order valence-electron chi connectivity index (χ3n) is 3.29. The first-order valence-electron chi connectivity index (χ1n) is 7.08. The number of amides is 2. The first-order chi connectivity index (χ1) is 11.4. The van der Waals surface area contributed by atoms with Crippen LogP contribution in [0.4, 0.5) is 11.4 Å². The second-order valence-corrected chi connectivity index (χ2v) is 5.74. The number of nitrogens with zero attached hydrogens (tertiary/aromatic N) is 1. The number of anilines is 2. The second kappa shape index (κ2) is 8.04. The van der Waals surface area contributed by atoms with Crippen LogP contribution in [0.15, 0.2) is 42.5 Å². The molecule has 0 fully saturated rings. The fourth-order valence-electron chi connectivity index (χ4n) is 2.08. The fraction of sp³-hybridized carbons (Fsp3) is 0.176. The number of ether oxygens (including phenoxy) is 1. The van der Waals surface area contributed by atoms with Crippen LogP contribution < -0.4 is 15.0 Å². The minimum absolute atomic E-state index is 0.148. The molecule has 1 N–H and O–H groups in total.